The van der Waals surface area contributed by atoms with Crippen molar-refractivity contribution in [1.29, 1.82) is 0 Å². The van der Waals surface area contributed by atoms with E-state index in [1.807, 2.05) is 12.1 Å². The Morgan fingerprint density at radius 2 is 1.75 bits per heavy atom. The van der Waals surface area contributed by atoms with Gasteiger partial charge < -0.3 is 23.8 Å². The van der Waals surface area contributed by atoms with E-state index < -0.39 is 5.60 Å². The van der Waals surface area contributed by atoms with E-state index in [0.29, 0.717) is 60.9 Å². The van der Waals surface area contributed by atoms with Gasteiger partial charge in [-0.2, -0.15) is 0 Å². The third-order valence-corrected chi connectivity index (χ3v) is 6.11. The number of carbonyl (C=O) groups is 2. The Morgan fingerprint density at radius 1 is 1.00 bits per heavy atom. The van der Waals surface area contributed by atoms with E-state index in [2.05, 4.69) is 0 Å². The van der Waals surface area contributed by atoms with E-state index in [4.69, 9.17) is 18.9 Å². The van der Waals surface area contributed by atoms with Gasteiger partial charge in [0.05, 0.1) is 33.3 Å². The molecule has 1 spiro atoms. The zero-order chi connectivity index (χ0) is 22.7. The second kappa shape index (κ2) is 8.94. The Kier molecular flexibility index (Phi) is 6.08. The molecule has 0 bridgehead atoms. The summed E-state index contributed by atoms with van der Waals surface area (Å²) in [5.41, 5.74) is 0.865. The number of ether oxygens (including phenoxy) is 4. The molecule has 0 unspecified atom stereocenters. The van der Waals surface area contributed by atoms with Crippen molar-refractivity contribution in [3.63, 3.8) is 0 Å². The zero-order valence-corrected chi connectivity index (χ0v) is 18.6. The summed E-state index contributed by atoms with van der Waals surface area (Å²) in [5, 5.41) is 0. The molecule has 0 aliphatic carbocycles. The van der Waals surface area contributed by atoms with Gasteiger partial charge in [-0.25, -0.2) is 0 Å². The van der Waals surface area contributed by atoms with Crippen LogP contribution in [0.5, 0.6) is 23.0 Å². The summed E-state index contributed by atoms with van der Waals surface area (Å²) in [4.78, 5) is 27.2. The largest absolute Gasteiger partial charge is 0.497 e. The first kappa shape index (κ1) is 21.7. The highest BCUT2D eigenvalue weighted by molar-refractivity contribution is 6.00. The summed E-state index contributed by atoms with van der Waals surface area (Å²) < 4.78 is 22.1. The molecular weight excluding hydrogens is 410 g/mol. The summed E-state index contributed by atoms with van der Waals surface area (Å²) in [7, 11) is 4.74. The number of carbonyl (C=O) groups excluding carboxylic acids is 2. The second-order valence-corrected chi connectivity index (χ2v) is 8.02. The fraction of sp³-hybridized carbons (Fsp3) is 0.360. The van der Waals surface area contributed by atoms with Crippen LogP contribution in [0.2, 0.25) is 0 Å². The highest BCUT2D eigenvalue weighted by atomic mass is 16.5. The molecule has 2 aliphatic rings. The third-order valence-electron chi connectivity index (χ3n) is 6.11. The van der Waals surface area contributed by atoms with Crippen molar-refractivity contribution in [1.82, 2.24) is 4.90 Å². The van der Waals surface area contributed by atoms with Crippen LogP contribution in [0, 0.1) is 0 Å². The minimum Gasteiger partial charge on any atom is -0.497 e. The summed E-state index contributed by atoms with van der Waals surface area (Å²) >= 11 is 0. The van der Waals surface area contributed by atoms with Gasteiger partial charge in [-0.05, 0) is 35.9 Å². The van der Waals surface area contributed by atoms with Gasteiger partial charge in [0.2, 0.25) is 5.91 Å². The smallest absolute Gasteiger partial charge is 0.246 e. The number of piperidine rings is 1. The summed E-state index contributed by atoms with van der Waals surface area (Å²) in [6.07, 6.45) is 4.86. The van der Waals surface area contributed by atoms with Crippen LogP contribution in [0.25, 0.3) is 6.08 Å². The highest BCUT2D eigenvalue weighted by Gasteiger charge is 2.43. The number of amides is 1. The molecule has 7 nitrogen and oxygen atoms in total. The van der Waals surface area contributed by atoms with Crippen LogP contribution in [0.3, 0.4) is 0 Å². The normalized spacial score (nSPS) is 17.1. The van der Waals surface area contributed by atoms with E-state index in [0.717, 1.165) is 5.56 Å². The van der Waals surface area contributed by atoms with Crippen LogP contribution in [0.4, 0.5) is 0 Å². The molecular formula is C25H27NO6. The van der Waals surface area contributed by atoms with Gasteiger partial charge in [-0.15, -0.1) is 0 Å². The van der Waals surface area contributed by atoms with Crippen LogP contribution in [0.1, 0.15) is 35.2 Å². The standard InChI is InChI=1S/C25H27NO6/c1-29-18-6-7-19-20(27)16-25(32-22(19)15-18)10-12-26(13-11-25)24(28)9-5-17-4-8-21(30-2)23(14-17)31-3/h4-9,14-15H,10-13,16H2,1-3H3/b9-5+. The topological polar surface area (TPSA) is 74.3 Å². The molecule has 2 aromatic carbocycles. The molecule has 2 aliphatic heterocycles. The van der Waals surface area contributed by atoms with Gasteiger partial charge in [0.15, 0.2) is 17.3 Å². The van der Waals surface area contributed by atoms with Gasteiger partial charge in [0.25, 0.3) is 0 Å². The van der Waals surface area contributed by atoms with Crippen LogP contribution in [0.15, 0.2) is 42.5 Å². The number of rotatable bonds is 5. The van der Waals surface area contributed by atoms with Gasteiger partial charge in [0, 0.05) is 38.1 Å². The molecule has 0 N–H and O–H groups in total. The third kappa shape index (κ3) is 4.28. The summed E-state index contributed by atoms with van der Waals surface area (Å²) in [6.45, 7) is 1.06. The molecule has 4 rings (SSSR count). The molecule has 0 aromatic heterocycles. The number of hydrogen-bond acceptors (Lipinski definition) is 6. The molecule has 2 aromatic rings. The average Bonchev–Trinajstić information content (AvgIpc) is 2.82. The highest BCUT2D eigenvalue weighted by Crippen LogP contribution is 2.40. The lowest BCUT2D eigenvalue weighted by Crippen LogP contribution is -2.52. The maximum absolute atomic E-state index is 12.7. The van der Waals surface area contributed by atoms with Crippen molar-refractivity contribution in [2.45, 2.75) is 24.9 Å². The first-order valence-corrected chi connectivity index (χ1v) is 10.6. The Morgan fingerprint density at radius 3 is 2.44 bits per heavy atom. The molecule has 0 atom stereocenters. The maximum atomic E-state index is 12.7. The lowest BCUT2D eigenvalue weighted by atomic mass is 9.82. The predicted molar refractivity (Wildman–Crippen MR) is 120 cm³/mol. The van der Waals surface area contributed by atoms with Gasteiger partial charge in [-0.1, -0.05) is 6.07 Å². The lowest BCUT2D eigenvalue weighted by Gasteiger charge is -2.43. The molecule has 0 radical (unpaired) electrons. The molecule has 1 saturated heterocycles. The van der Waals surface area contributed by atoms with Crippen LogP contribution in [-0.4, -0.2) is 56.6 Å². The number of ketones is 1. The molecule has 2 heterocycles. The van der Waals surface area contributed by atoms with E-state index in [9.17, 15) is 9.59 Å². The fourth-order valence-electron chi connectivity index (χ4n) is 4.24. The fourth-order valence-corrected chi connectivity index (χ4v) is 4.24. The SMILES string of the molecule is COc1ccc2c(c1)OC1(CCN(C(=O)/C=C/c3ccc(OC)c(OC)c3)CC1)CC2=O. The Hall–Kier alpha value is -3.48. The Bertz CT molecular complexity index is 1050. The number of benzene rings is 2. The second-order valence-electron chi connectivity index (χ2n) is 8.02. The van der Waals surface area contributed by atoms with Crippen molar-refractivity contribution < 1.29 is 28.5 Å². The number of nitrogens with zero attached hydrogens (tertiary/aromatic N) is 1. The van der Waals surface area contributed by atoms with Gasteiger partial charge >= 0.3 is 0 Å². The van der Waals surface area contributed by atoms with E-state index >= 15 is 0 Å². The minimum absolute atomic E-state index is 0.0705. The van der Waals surface area contributed by atoms with Gasteiger partial charge in [0.1, 0.15) is 17.1 Å². The molecule has 1 amide bonds. The van der Waals surface area contributed by atoms with Crippen LogP contribution >= 0.6 is 0 Å². The summed E-state index contributed by atoms with van der Waals surface area (Å²) in [6, 6.07) is 10.8. The lowest BCUT2D eigenvalue weighted by molar-refractivity contribution is -0.129. The monoisotopic (exact) mass is 437 g/mol. The minimum atomic E-state index is -0.569. The van der Waals surface area contributed by atoms with E-state index in [1.165, 1.54) is 0 Å². The number of fused-ring (bicyclic) bond motifs is 1. The quantitative estimate of drug-likeness (QED) is 0.664. The van der Waals surface area contributed by atoms with E-state index in [1.54, 1.807) is 62.6 Å². The van der Waals surface area contributed by atoms with Crippen molar-refractivity contribution in [2.75, 3.05) is 34.4 Å². The van der Waals surface area contributed by atoms with Crippen LogP contribution in [-0.2, 0) is 4.79 Å². The van der Waals surface area contributed by atoms with Crippen LogP contribution < -0.4 is 18.9 Å². The first-order chi connectivity index (χ1) is 15.5. The average molecular weight is 437 g/mol. The molecule has 32 heavy (non-hydrogen) atoms. The number of Topliss-reactive ketones (excluding diaryl/α,β-unsaturated/α-hetero) is 1. The van der Waals surface area contributed by atoms with E-state index in [-0.39, 0.29) is 11.7 Å². The molecule has 1 fully saturated rings. The molecule has 168 valence electrons. The van der Waals surface area contributed by atoms with Gasteiger partial charge in [-0.3, -0.25) is 9.59 Å². The Balaban J connectivity index is 1.41. The zero-order valence-electron chi connectivity index (χ0n) is 18.6. The number of methoxy groups -OCH3 is 3. The number of likely N-dealkylation sites (tertiary alicyclic amines) is 1. The van der Waals surface area contributed by atoms with Crippen molar-refractivity contribution in [3.8, 4) is 23.0 Å². The maximum Gasteiger partial charge on any atom is 0.246 e. The summed E-state index contributed by atoms with van der Waals surface area (Å²) in [5.74, 6) is 2.47. The Labute approximate surface area is 187 Å². The molecule has 0 saturated carbocycles. The number of hydrogen-bond donors (Lipinski definition) is 0. The van der Waals surface area contributed by atoms with Crippen molar-refractivity contribution in [3.05, 3.63) is 53.6 Å². The predicted octanol–water partition coefficient (Wildman–Crippen LogP) is 3.75. The van der Waals surface area contributed by atoms with Crippen molar-refractivity contribution >= 4 is 17.8 Å². The molecule has 7 heteroatoms. The van der Waals surface area contributed by atoms with Crippen molar-refractivity contribution in [2.24, 2.45) is 0 Å². The first-order valence-electron chi connectivity index (χ1n) is 10.6.